The van der Waals surface area contributed by atoms with E-state index in [1.54, 1.807) is 14.2 Å². The van der Waals surface area contributed by atoms with Crippen LogP contribution in [0.4, 0.5) is 5.69 Å². The van der Waals surface area contributed by atoms with Crippen molar-refractivity contribution in [3.63, 3.8) is 0 Å². The van der Waals surface area contributed by atoms with Crippen LogP contribution in [-0.4, -0.2) is 18.8 Å². The highest BCUT2D eigenvalue weighted by molar-refractivity contribution is 5.96. The summed E-state index contributed by atoms with van der Waals surface area (Å²) in [5.41, 5.74) is 9.85. The van der Waals surface area contributed by atoms with Crippen molar-refractivity contribution < 1.29 is 9.47 Å². The van der Waals surface area contributed by atoms with Crippen LogP contribution >= 0.6 is 0 Å². The fourth-order valence-electron chi connectivity index (χ4n) is 2.76. The lowest BCUT2D eigenvalue weighted by atomic mass is 10.2. The van der Waals surface area contributed by atoms with Gasteiger partial charge in [-0.15, -0.1) is 0 Å². The molecular formula is C20H20N2O2. The highest BCUT2D eigenvalue weighted by Crippen LogP contribution is 2.31. The van der Waals surface area contributed by atoms with E-state index in [9.17, 15) is 0 Å². The smallest absolute Gasteiger partial charge is 0.119 e. The molecule has 122 valence electrons. The number of hydrogen-bond acceptors (Lipinski definition) is 3. The molecule has 4 heteroatoms. The first-order chi connectivity index (χ1) is 11.7. The van der Waals surface area contributed by atoms with Crippen LogP contribution in [0.15, 0.2) is 42.5 Å². The van der Waals surface area contributed by atoms with E-state index in [1.165, 1.54) is 0 Å². The quantitative estimate of drug-likeness (QED) is 0.749. The van der Waals surface area contributed by atoms with E-state index >= 15 is 0 Å². The van der Waals surface area contributed by atoms with Gasteiger partial charge in [0.15, 0.2) is 0 Å². The molecule has 1 aromatic heterocycles. The number of benzene rings is 2. The summed E-state index contributed by atoms with van der Waals surface area (Å²) < 4.78 is 12.6. The van der Waals surface area contributed by atoms with Gasteiger partial charge in [0.05, 0.1) is 25.4 Å². The summed E-state index contributed by atoms with van der Waals surface area (Å²) in [6.45, 7) is 2.88. The lowest BCUT2D eigenvalue weighted by molar-refractivity contribution is 0.415. The van der Waals surface area contributed by atoms with Crippen LogP contribution in [-0.2, 0) is 6.54 Å². The minimum absolute atomic E-state index is 0.687. The molecule has 2 N–H and O–H groups in total. The molecule has 0 amide bonds. The maximum absolute atomic E-state index is 6.35. The minimum Gasteiger partial charge on any atom is -0.497 e. The molecule has 0 aliphatic rings. The molecule has 0 saturated heterocycles. The van der Waals surface area contributed by atoms with E-state index in [-0.39, 0.29) is 0 Å². The summed E-state index contributed by atoms with van der Waals surface area (Å²) in [6, 6.07) is 13.6. The zero-order valence-electron chi connectivity index (χ0n) is 14.1. The third kappa shape index (κ3) is 2.77. The summed E-state index contributed by atoms with van der Waals surface area (Å²) >= 11 is 0. The Morgan fingerprint density at radius 1 is 0.958 bits per heavy atom. The fourth-order valence-corrected chi connectivity index (χ4v) is 2.76. The van der Waals surface area contributed by atoms with E-state index in [4.69, 9.17) is 15.2 Å². The maximum atomic E-state index is 6.35. The van der Waals surface area contributed by atoms with Crippen LogP contribution in [0.25, 0.3) is 10.9 Å². The van der Waals surface area contributed by atoms with Gasteiger partial charge in [-0.3, -0.25) is 0 Å². The lowest BCUT2D eigenvalue weighted by Gasteiger charge is -2.03. The highest BCUT2D eigenvalue weighted by atomic mass is 16.5. The number of aromatic nitrogens is 1. The van der Waals surface area contributed by atoms with Gasteiger partial charge in [-0.05, 0) is 55.3 Å². The van der Waals surface area contributed by atoms with Gasteiger partial charge in [-0.2, -0.15) is 0 Å². The van der Waals surface area contributed by atoms with E-state index in [2.05, 4.69) is 23.3 Å². The van der Waals surface area contributed by atoms with Crippen LogP contribution in [0.1, 0.15) is 18.2 Å². The summed E-state index contributed by atoms with van der Waals surface area (Å²) in [6.07, 6.45) is 0. The normalized spacial score (nSPS) is 10.3. The monoisotopic (exact) mass is 320 g/mol. The van der Waals surface area contributed by atoms with Gasteiger partial charge in [-0.1, -0.05) is 5.92 Å². The van der Waals surface area contributed by atoms with Crippen LogP contribution < -0.4 is 15.2 Å². The van der Waals surface area contributed by atoms with Gasteiger partial charge >= 0.3 is 0 Å². The molecule has 0 unspecified atom stereocenters. The highest BCUT2D eigenvalue weighted by Gasteiger charge is 2.13. The van der Waals surface area contributed by atoms with Gasteiger partial charge < -0.3 is 19.8 Å². The summed E-state index contributed by atoms with van der Waals surface area (Å²) in [5.74, 6) is 8.00. The molecule has 3 rings (SSSR count). The molecule has 0 atom stereocenters. The Hall–Kier alpha value is -3.06. The number of fused-ring (bicyclic) bond motifs is 1. The fraction of sp³-hybridized carbons (Fsp3) is 0.200. The molecule has 4 nitrogen and oxygen atoms in total. The molecule has 2 aromatic carbocycles. The molecule has 0 spiro atoms. The molecule has 1 heterocycles. The summed E-state index contributed by atoms with van der Waals surface area (Å²) in [5, 5.41) is 0.968. The largest absolute Gasteiger partial charge is 0.497 e. The van der Waals surface area contributed by atoms with E-state index in [1.807, 2.05) is 42.5 Å². The first-order valence-electron chi connectivity index (χ1n) is 7.79. The molecule has 0 radical (unpaired) electrons. The van der Waals surface area contributed by atoms with Gasteiger partial charge in [0.1, 0.15) is 17.2 Å². The summed E-state index contributed by atoms with van der Waals surface area (Å²) in [4.78, 5) is 0. The SMILES string of the molecule is CCn1c(C#Cc2ccc(OC)cc2)c(N)c2cc(OC)ccc21. The van der Waals surface area contributed by atoms with Gasteiger partial charge in [-0.25, -0.2) is 0 Å². The van der Waals surface area contributed by atoms with Crippen molar-refractivity contribution in [1.82, 2.24) is 4.57 Å². The number of nitrogens with zero attached hydrogens (tertiary/aromatic N) is 1. The Kier molecular flexibility index (Phi) is 4.35. The van der Waals surface area contributed by atoms with Gasteiger partial charge in [0, 0.05) is 17.5 Å². The average molecular weight is 320 g/mol. The average Bonchev–Trinajstić information content (AvgIpc) is 2.91. The topological polar surface area (TPSA) is 49.4 Å². The number of anilines is 1. The van der Waals surface area contributed by atoms with Crippen molar-refractivity contribution in [3.05, 3.63) is 53.7 Å². The van der Waals surface area contributed by atoms with Gasteiger partial charge in [0.2, 0.25) is 0 Å². The number of rotatable bonds is 3. The molecule has 0 fully saturated rings. The van der Waals surface area contributed by atoms with Crippen molar-refractivity contribution in [3.8, 4) is 23.3 Å². The number of methoxy groups -OCH3 is 2. The zero-order chi connectivity index (χ0) is 17.1. The third-order valence-corrected chi connectivity index (χ3v) is 4.04. The Balaban J connectivity index is 2.08. The lowest BCUT2D eigenvalue weighted by Crippen LogP contribution is -1.98. The molecule has 0 saturated carbocycles. The van der Waals surface area contributed by atoms with Crippen LogP contribution in [0.5, 0.6) is 11.5 Å². The predicted octanol–water partition coefficient (Wildman–Crippen LogP) is 3.66. The van der Waals surface area contributed by atoms with Crippen LogP contribution in [0, 0.1) is 11.8 Å². The molecule has 3 aromatic rings. The second kappa shape index (κ2) is 6.59. The molecule has 0 aliphatic heterocycles. The molecule has 0 aliphatic carbocycles. The number of aryl methyl sites for hydroxylation is 1. The predicted molar refractivity (Wildman–Crippen MR) is 97.6 cm³/mol. The van der Waals surface area contributed by atoms with Crippen LogP contribution in [0.2, 0.25) is 0 Å². The first kappa shape index (κ1) is 15.8. The van der Waals surface area contributed by atoms with Crippen molar-refractivity contribution in [2.24, 2.45) is 0 Å². The Morgan fingerprint density at radius 2 is 1.62 bits per heavy atom. The van der Waals surface area contributed by atoms with E-state index < -0.39 is 0 Å². The van der Waals surface area contributed by atoms with Crippen molar-refractivity contribution in [1.29, 1.82) is 0 Å². The van der Waals surface area contributed by atoms with Crippen molar-refractivity contribution >= 4 is 16.6 Å². The maximum Gasteiger partial charge on any atom is 0.119 e. The van der Waals surface area contributed by atoms with Crippen LogP contribution in [0.3, 0.4) is 0 Å². The third-order valence-electron chi connectivity index (χ3n) is 4.04. The zero-order valence-corrected chi connectivity index (χ0v) is 14.1. The molecule has 24 heavy (non-hydrogen) atoms. The number of hydrogen-bond donors (Lipinski definition) is 1. The standard InChI is InChI=1S/C20H20N2O2/c1-4-22-18-12-10-16(24-3)13-17(18)20(21)19(22)11-7-14-5-8-15(23-2)9-6-14/h5-6,8-10,12-13H,4,21H2,1-3H3. The van der Waals surface area contributed by atoms with Gasteiger partial charge in [0.25, 0.3) is 0 Å². The Morgan fingerprint density at radius 3 is 2.25 bits per heavy atom. The number of nitrogen functional groups attached to an aromatic ring is 1. The minimum atomic E-state index is 0.687. The molecule has 0 bridgehead atoms. The van der Waals surface area contributed by atoms with Crippen molar-refractivity contribution in [2.45, 2.75) is 13.5 Å². The second-order valence-corrected chi connectivity index (χ2v) is 5.37. The Bertz CT molecular complexity index is 928. The molecular weight excluding hydrogens is 300 g/mol. The second-order valence-electron chi connectivity index (χ2n) is 5.37. The first-order valence-corrected chi connectivity index (χ1v) is 7.79. The van der Waals surface area contributed by atoms with E-state index in [0.29, 0.717) is 5.69 Å². The Labute approximate surface area is 141 Å². The number of nitrogens with two attached hydrogens (primary N) is 1. The van der Waals surface area contributed by atoms with E-state index in [0.717, 1.165) is 40.2 Å². The number of ether oxygens (including phenoxy) is 2. The van der Waals surface area contributed by atoms with Crippen molar-refractivity contribution in [2.75, 3.05) is 20.0 Å². The summed E-state index contributed by atoms with van der Waals surface area (Å²) in [7, 11) is 3.30.